The molecule has 0 saturated heterocycles. The van der Waals surface area contributed by atoms with Gasteiger partial charge in [0.2, 0.25) is 5.88 Å². The zero-order valence-electron chi connectivity index (χ0n) is 20.5. The number of aryl methyl sites for hydroxylation is 1. The highest BCUT2D eigenvalue weighted by Gasteiger charge is 2.53. The van der Waals surface area contributed by atoms with Crippen LogP contribution in [0.25, 0.3) is 22.8 Å². The number of fused-ring (bicyclic) bond motifs is 1. The van der Waals surface area contributed by atoms with Gasteiger partial charge in [-0.05, 0) is 38.8 Å². The molecular formula is C25H24F3N5O4. The molecule has 37 heavy (non-hydrogen) atoms. The van der Waals surface area contributed by atoms with E-state index in [0.29, 0.717) is 41.7 Å². The van der Waals surface area contributed by atoms with Crippen molar-refractivity contribution < 1.29 is 32.2 Å². The molecule has 1 aliphatic heterocycles. The Labute approximate surface area is 209 Å². The number of pyridine rings is 1. The first-order valence-electron chi connectivity index (χ1n) is 11.5. The molecule has 9 nitrogen and oxygen atoms in total. The van der Waals surface area contributed by atoms with E-state index in [2.05, 4.69) is 20.2 Å². The van der Waals surface area contributed by atoms with Crippen LogP contribution in [0.1, 0.15) is 38.4 Å². The molecule has 1 aliphatic rings. The van der Waals surface area contributed by atoms with E-state index >= 15 is 0 Å². The monoisotopic (exact) mass is 515 g/mol. The molecule has 4 heterocycles. The maximum Gasteiger partial charge on any atom is 0.225 e. The number of hydrogen-bond acceptors (Lipinski definition) is 8. The Morgan fingerprint density at radius 1 is 1.14 bits per heavy atom. The second-order valence-corrected chi connectivity index (χ2v) is 9.29. The van der Waals surface area contributed by atoms with Crippen molar-refractivity contribution in [1.29, 1.82) is 0 Å². The van der Waals surface area contributed by atoms with Crippen LogP contribution in [0.3, 0.4) is 0 Å². The summed E-state index contributed by atoms with van der Waals surface area (Å²) < 4.78 is 60.3. The number of ether oxygens (including phenoxy) is 2. The first-order valence-corrected chi connectivity index (χ1v) is 11.5. The lowest BCUT2D eigenvalue weighted by atomic mass is 9.79. The Hall–Kier alpha value is -3.93. The normalized spacial score (nSPS) is 17.5. The Kier molecular flexibility index (Phi) is 5.94. The summed E-state index contributed by atoms with van der Waals surface area (Å²) in [6.45, 7) is 5.20. The van der Waals surface area contributed by atoms with Crippen LogP contribution in [-0.2, 0) is 12.1 Å². The van der Waals surface area contributed by atoms with Gasteiger partial charge in [-0.2, -0.15) is 0 Å². The van der Waals surface area contributed by atoms with Crippen molar-refractivity contribution >= 4 is 0 Å². The summed E-state index contributed by atoms with van der Waals surface area (Å²) in [5, 5.41) is 19.8. The van der Waals surface area contributed by atoms with Crippen molar-refractivity contribution in [1.82, 2.24) is 24.7 Å². The van der Waals surface area contributed by atoms with Gasteiger partial charge in [0.25, 0.3) is 0 Å². The van der Waals surface area contributed by atoms with Crippen LogP contribution in [0.15, 0.2) is 34.9 Å². The molecule has 12 heteroatoms. The predicted molar refractivity (Wildman–Crippen MR) is 124 cm³/mol. The first kappa shape index (κ1) is 24.8. The average Bonchev–Trinajstić information content (AvgIpc) is 3.48. The molecule has 194 valence electrons. The van der Waals surface area contributed by atoms with Crippen LogP contribution in [0.4, 0.5) is 13.2 Å². The Bertz CT molecular complexity index is 1460. The molecule has 0 aliphatic carbocycles. The zero-order chi connectivity index (χ0) is 26.5. The van der Waals surface area contributed by atoms with Crippen LogP contribution >= 0.6 is 0 Å². The maximum atomic E-state index is 13.9. The highest BCUT2D eigenvalue weighted by Crippen LogP contribution is 2.45. The van der Waals surface area contributed by atoms with Gasteiger partial charge in [-0.3, -0.25) is 0 Å². The standard InChI is InChI=1S/C25H24F3N5O4/c1-13-29-12-19(36-13)15-6-7-18(30-22(15)35-4)21-31-32-23-25(24(2,3)34,8-5-9-33(21)23)37-14-10-16(26)20(28)17(27)11-14/h6-7,10-12,34H,5,8-9H2,1-4H3. The molecule has 1 N–H and O–H groups in total. The number of nitrogens with zero attached hydrogens (tertiary/aromatic N) is 5. The zero-order valence-corrected chi connectivity index (χ0v) is 20.5. The third-order valence-electron chi connectivity index (χ3n) is 6.43. The van der Waals surface area contributed by atoms with Crippen molar-refractivity contribution in [2.24, 2.45) is 0 Å². The minimum Gasteiger partial charge on any atom is -0.480 e. The minimum absolute atomic E-state index is 0.238. The van der Waals surface area contributed by atoms with Gasteiger partial charge < -0.3 is 23.6 Å². The number of halogens is 3. The van der Waals surface area contributed by atoms with E-state index in [9.17, 15) is 18.3 Å². The van der Waals surface area contributed by atoms with E-state index in [1.165, 1.54) is 21.0 Å². The van der Waals surface area contributed by atoms with E-state index in [1.807, 2.05) is 0 Å². The van der Waals surface area contributed by atoms with Crippen LogP contribution < -0.4 is 9.47 Å². The largest absolute Gasteiger partial charge is 0.480 e. The van der Waals surface area contributed by atoms with E-state index in [-0.39, 0.29) is 23.9 Å². The molecule has 0 amide bonds. The number of aliphatic hydroxyl groups is 1. The molecule has 5 rings (SSSR count). The SMILES string of the molecule is COc1nc(-c2nnc3n2CCCC3(Oc2cc(F)c(F)c(F)c2)C(C)(C)O)ccc1-c1cnc(C)o1. The summed E-state index contributed by atoms with van der Waals surface area (Å²) >= 11 is 0. The lowest BCUT2D eigenvalue weighted by Gasteiger charge is -2.44. The summed E-state index contributed by atoms with van der Waals surface area (Å²) in [5.74, 6) is -2.82. The molecule has 0 bridgehead atoms. The maximum absolute atomic E-state index is 13.9. The van der Waals surface area contributed by atoms with Gasteiger partial charge in [-0.15, -0.1) is 10.2 Å². The summed E-state index contributed by atoms with van der Waals surface area (Å²) in [4.78, 5) is 8.68. The molecule has 3 aromatic heterocycles. The highest BCUT2D eigenvalue weighted by molar-refractivity contribution is 5.66. The highest BCUT2D eigenvalue weighted by atomic mass is 19.2. The summed E-state index contributed by atoms with van der Waals surface area (Å²) in [7, 11) is 1.48. The second kappa shape index (κ2) is 8.87. The molecule has 0 spiro atoms. The lowest BCUT2D eigenvalue weighted by molar-refractivity contribution is -0.137. The van der Waals surface area contributed by atoms with Crippen molar-refractivity contribution in [3.05, 3.63) is 59.6 Å². The minimum atomic E-state index is -1.61. The lowest BCUT2D eigenvalue weighted by Crippen LogP contribution is -2.55. The van der Waals surface area contributed by atoms with Crippen molar-refractivity contribution in [3.8, 4) is 34.5 Å². The number of benzene rings is 1. The fourth-order valence-corrected chi connectivity index (χ4v) is 4.59. The molecule has 0 radical (unpaired) electrons. The van der Waals surface area contributed by atoms with E-state index in [0.717, 1.165) is 12.1 Å². The molecular weight excluding hydrogens is 491 g/mol. The third-order valence-corrected chi connectivity index (χ3v) is 6.43. The molecule has 4 aromatic rings. The third kappa shape index (κ3) is 4.10. The van der Waals surface area contributed by atoms with Crippen LogP contribution in [0.2, 0.25) is 0 Å². The number of hydrogen-bond donors (Lipinski definition) is 1. The molecule has 0 fully saturated rings. The van der Waals surface area contributed by atoms with Crippen molar-refractivity contribution in [3.63, 3.8) is 0 Å². The molecule has 1 atom stereocenters. The fourth-order valence-electron chi connectivity index (χ4n) is 4.59. The Morgan fingerprint density at radius 3 is 2.49 bits per heavy atom. The van der Waals surface area contributed by atoms with Gasteiger partial charge >= 0.3 is 0 Å². The number of aromatic nitrogens is 5. The summed E-state index contributed by atoms with van der Waals surface area (Å²) in [6, 6.07) is 4.95. The smallest absolute Gasteiger partial charge is 0.225 e. The Balaban J connectivity index is 1.60. The first-order chi connectivity index (χ1) is 17.5. The van der Waals surface area contributed by atoms with Crippen LogP contribution in [0, 0.1) is 24.4 Å². The molecule has 1 aromatic carbocycles. The van der Waals surface area contributed by atoms with E-state index < -0.39 is 28.7 Å². The quantitative estimate of drug-likeness (QED) is 0.372. The fraction of sp³-hybridized carbons (Fsp3) is 0.360. The van der Waals surface area contributed by atoms with Gasteiger partial charge in [-0.1, -0.05) is 0 Å². The predicted octanol–water partition coefficient (Wildman–Crippen LogP) is 4.57. The topological polar surface area (TPSA) is 108 Å². The number of oxazole rings is 1. The summed E-state index contributed by atoms with van der Waals surface area (Å²) in [5.41, 5.74) is -2.09. The van der Waals surface area contributed by atoms with Gasteiger partial charge in [0.15, 0.2) is 46.4 Å². The summed E-state index contributed by atoms with van der Waals surface area (Å²) in [6.07, 6.45) is 2.35. The van der Waals surface area contributed by atoms with E-state index in [1.54, 1.807) is 29.8 Å². The van der Waals surface area contributed by atoms with Crippen molar-refractivity contribution in [2.45, 2.75) is 51.4 Å². The van der Waals surface area contributed by atoms with Gasteiger partial charge in [0, 0.05) is 25.6 Å². The van der Waals surface area contributed by atoms with E-state index in [4.69, 9.17) is 13.9 Å². The average molecular weight is 515 g/mol. The van der Waals surface area contributed by atoms with Crippen molar-refractivity contribution in [2.75, 3.05) is 7.11 Å². The molecule has 0 saturated carbocycles. The number of rotatable bonds is 6. The second-order valence-electron chi connectivity index (χ2n) is 9.29. The van der Waals surface area contributed by atoms with Gasteiger partial charge in [0.1, 0.15) is 17.0 Å². The Morgan fingerprint density at radius 2 is 1.86 bits per heavy atom. The van der Waals surface area contributed by atoms with Crippen LogP contribution in [0.5, 0.6) is 11.6 Å². The number of methoxy groups -OCH3 is 1. The van der Waals surface area contributed by atoms with Gasteiger partial charge in [0.05, 0.1) is 18.9 Å². The molecule has 1 unspecified atom stereocenters. The van der Waals surface area contributed by atoms with Crippen LogP contribution in [-0.4, -0.2) is 42.5 Å². The van der Waals surface area contributed by atoms with Gasteiger partial charge in [-0.25, -0.2) is 23.1 Å².